The Morgan fingerprint density at radius 2 is 2.13 bits per heavy atom. The first-order valence-corrected chi connectivity index (χ1v) is 5.51. The van der Waals surface area contributed by atoms with Gasteiger partial charge in [-0.3, -0.25) is 0 Å². The van der Waals surface area contributed by atoms with Crippen molar-refractivity contribution >= 4 is 33.5 Å². The van der Waals surface area contributed by atoms with Crippen molar-refractivity contribution in [2.24, 2.45) is 0 Å². The molecule has 0 atom stereocenters. The van der Waals surface area contributed by atoms with E-state index in [-0.39, 0.29) is 0 Å². The maximum Gasteiger partial charge on any atom is 0.341 e. The van der Waals surface area contributed by atoms with Gasteiger partial charge in [-0.15, -0.1) is 0 Å². The summed E-state index contributed by atoms with van der Waals surface area (Å²) in [6, 6.07) is 1.52. The number of aromatic nitrogens is 1. The number of esters is 1. The number of pyridine rings is 1. The summed E-state index contributed by atoms with van der Waals surface area (Å²) in [6.07, 6.45) is 1.46. The average Bonchev–Trinajstić information content (AvgIpc) is 2.06. The van der Waals surface area contributed by atoms with E-state index in [0.717, 1.165) is 0 Å². The highest BCUT2D eigenvalue weighted by atomic mass is 79.9. The minimum atomic E-state index is -0.529. The molecular weight excluding hydrogens is 281 g/mol. The molecule has 0 N–H and O–H groups in total. The fourth-order valence-electron chi connectivity index (χ4n) is 0.899. The van der Waals surface area contributed by atoms with Gasteiger partial charge in [0.15, 0.2) is 0 Å². The van der Waals surface area contributed by atoms with Gasteiger partial charge in [-0.1, -0.05) is 11.6 Å². The van der Waals surface area contributed by atoms with E-state index < -0.39 is 11.6 Å². The lowest BCUT2D eigenvalue weighted by Crippen LogP contribution is -2.24. The van der Waals surface area contributed by atoms with Crippen LogP contribution >= 0.6 is 27.5 Å². The van der Waals surface area contributed by atoms with E-state index in [2.05, 4.69) is 20.9 Å². The normalized spacial score (nSPS) is 11.3. The smallest absolute Gasteiger partial charge is 0.341 e. The predicted octanol–water partition coefficient (Wildman–Crippen LogP) is 3.45. The van der Waals surface area contributed by atoms with Crippen LogP contribution in [0.25, 0.3) is 0 Å². The van der Waals surface area contributed by atoms with Crippen LogP contribution in [0.5, 0.6) is 0 Å². The Labute approximate surface area is 102 Å². The summed E-state index contributed by atoms with van der Waals surface area (Å²) in [5, 5.41) is 0.402. The summed E-state index contributed by atoms with van der Waals surface area (Å²) in [7, 11) is 0. The Balaban J connectivity index is 2.96. The van der Waals surface area contributed by atoms with E-state index in [1.165, 1.54) is 12.3 Å². The van der Waals surface area contributed by atoms with E-state index in [4.69, 9.17) is 16.3 Å². The van der Waals surface area contributed by atoms with Gasteiger partial charge in [-0.05, 0) is 42.8 Å². The van der Waals surface area contributed by atoms with Crippen molar-refractivity contribution in [3.8, 4) is 0 Å². The van der Waals surface area contributed by atoms with E-state index in [1.54, 1.807) is 20.8 Å². The minimum absolute atomic E-state index is 0.331. The highest BCUT2D eigenvalue weighted by Crippen LogP contribution is 2.21. The second kappa shape index (κ2) is 4.49. The van der Waals surface area contributed by atoms with Crippen LogP contribution in [0, 0.1) is 0 Å². The minimum Gasteiger partial charge on any atom is -0.456 e. The topological polar surface area (TPSA) is 39.2 Å². The molecular formula is C10H11BrClNO2. The number of carbonyl (C=O) groups is 1. The summed E-state index contributed by atoms with van der Waals surface area (Å²) < 4.78 is 5.62. The monoisotopic (exact) mass is 291 g/mol. The highest BCUT2D eigenvalue weighted by Gasteiger charge is 2.20. The van der Waals surface area contributed by atoms with Crippen molar-refractivity contribution in [2.75, 3.05) is 0 Å². The first-order chi connectivity index (χ1) is 6.79. The zero-order valence-electron chi connectivity index (χ0n) is 8.67. The molecule has 0 radical (unpaired) electrons. The summed E-state index contributed by atoms with van der Waals surface area (Å²) in [6.45, 7) is 5.41. The van der Waals surface area contributed by atoms with Crippen LogP contribution < -0.4 is 0 Å². The molecule has 3 nitrogen and oxygen atoms in total. The van der Waals surface area contributed by atoms with Gasteiger partial charge in [-0.2, -0.15) is 0 Å². The molecule has 1 aromatic rings. The fourth-order valence-corrected chi connectivity index (χ4v) is 1.44. The molecule has 15 heavy (non-hydrogen) atoms. The lowest BCUT2D eigenvalue weighted by Gasteiger charge is -2.19. The molecule has 0 spiro atoms. The van der Waals surface area contributed by atoms with Crippen LogP contribution in [-0.4, -0.2) is 16.6 Å². The van der Waals surface area contributed by atoms with E-state index in [1.807, 2.05) is 0 Å². The zero-order chi connectivity index (χ0) is 11.6. The lowest BCUT2D eigenvalue weighted by molar-refractivity contribution is 0.00679. The van der Waals surface area contributed by atoms with Gasteiger partial charge >= 0.3 is 5.97 Å². The highest BCUT2D eigenvalue weighted by molar-refractivity contribution is 9.10. The van der Waals surface area contributed by atoms with Crippen molar-refractivity contribution in [3.63, 3.8) is 0 Å². The first-order valence-electron chi connectivity index (χ1n) is 4.34. The number of halogens is 2. The second-order valence-electron chi connectivity index (χ2n) is 3.99. The van der Waals surface area contributed by atoms with Crippen LogP contribution in [0.2, 0.25) is 5.02 Å². The number of hydrogen-bond donors (Lipinski definition) is 0. The average molecular weight is 293 g/mol. The summed E-state index contributed by atoms with van der Waals surface area (Å²) in [5.74, 6) is -0.440. The Bertz CT molecular complexity index is 387. The van der Waals surface area contributed by atoms with Crippen LogP contribution in [0.1, 0.15) is 31.1 Å². The van der Waals surface area contributed by atoms with Crippen molar-refractivity contribution in [3.05, 3.63) is 27.5 Å². The number of hydrogen-bond acceptors (Lipinski definition) is 3. The van der Waals surface area contributed by atoms with Crippen molar-refractivity contribution in [1.82, 2.24) is 4.98 Å². The molecule has 1 heterocycles. The third-order valence-electron chi connectivity index (χ3n) is 1.42. The van der Waals surface area contributed by atoms with E-state index in [0.29, 0.717) is 15.2 Å². The van der Waals surface area contributed by atoms with E-state index in [9.17, 15) is 4.79 Å². The number of nitrogens with zero attached hydrogens (tertiary/aromatic N) is 1. The molecule has 0 aliphatic rings. The molecule has 0 aliphatic heterocycles. The molecule has 0 saturated heterocycles. The van der Waals surface area contributed by atoms with Crippen LogP contribution in [-0.2, 0) is 4.74 Å². The molecule has 0 bridgehead atoms. The zero-order valence-corrected chi connectivity index (χ0v) is 11.0. The molecule has 5 heteroatoms. The maximum atomic E-state index is 11.7. The largest absolute Gasteiger partial charge is 0.456 e. The third-order valence-corrected chi connectivity index (χ3v) is 2.26. The summed E-state index contributed by atoms with van der Waals surface area (Å²) >= 11 is 8.91. The standard InChI is InChI=1S/C10H11BrClNO2/c1-10(2,3)15-9(14)7-4-6(12)5-13-8(7)11/h4-5H,1-3H3. The quantitative estimate of drug-likeness (QED) is 0.588. The Kier molecular flexibility index (Phi) is 3.73. The molecule has 0 saturated carbocycles. The lowest BCUT2D eigenvalue weighted by atomic mass is 10.2. The van der Waals surface area contributed by atoms with Crippen LogP contribution in [0.4, 0.5) is 0 Å². The van der Waals surface area contributed by atoms with Gasteiger partial charge < -0.3 is 4.74 Å². The maximum absolute atomic E-state index is 11.7. The van der Waals surface area contributed by atoms with E-state index >= 15 is 0 Å². The summed E-state index contributed by atoms with van der Waals surface area (Å²) in [5.41, 5.74) is -0.198. The van der Waals surface area contributed by atoms with Gasteiger partial charge in [0.25, 0.3) is 0 Å². The van der Waals surface area contributed by atoms with Crippen LogP contribution in [0.3, 0.4) is 0 Å². The van der Waals surface area contributed by atoms with Crippen molar-refractivity contribution in [1.29, 1.82) is 0 Å². The Hall–Kier alpha value is -0.610. The number of carbonyl (C=O) groups excluding carboxylic acids is 1. The summed E-state index contributed by atoms with van der Waals surface area (Å²) in [4.78, 5) is 15.6. The SMILES string of the molecule is CC(C)(C)OC(=O)c1cc(Cl)cnc1Br. The number of rotatable bonds is 1. The van der Waals surface area contributed by atoms with Crippen molar-refractivity contribution < 1.29 is 9.53 Å². The Morgan fingerprint density at radius 1 is 1.53 bits per heavy atom. The molecule has 0 aromatic carbocycles. The van der Waals surface area contributed by atoms with Crippen molar-refractivity contribution in [2.45, 2.75) is 26.4 Å². The van der Waals surface area contributed by atoms with Gasteiger partial charge in [0.05, 0.1) is 10.6 Å². The van der Waals surface area contributed by atoms with Gasteiger partial charge in [0.1, 0.15) is 10.2 Å². The van der Waals surface area contributed by atoms with Gasteiger partial charge in [0.2, 0.25) is 0 Å². The molecule has 1 rings (SSSR count). The fraction of sp³-hybridized carbons (Fsp3) is 0.400. The Morgan fingerprint density at radius 3 is 2.67 bits per heavy atom. The second-order valence-corrected chi connectivity index (χ2v) is 5.18. The molecule has 82 valence electrons. The van der Waals surface area contributed by atoms with Gasteiger partial charge in [-0.25, -0.2) is 9.78 Å². The molecule has 0 fully saturated rings. The third kappa shape index (κ3) is 3.80. The molecule has 0 unspecified atom stereocenters. The van der Waals surface area contributed by atoms with Crippen LogP contribution in [0.15, 0.2) is 16.9 Å². The number of ether oxygens (including phenoxy) is 1. The van der Waals surface area contributed by atoms with Gasteiger partial charge in [0, 0.05) is 6.20 Å². The predicted molar refractivity (Wildman–Crippen MR) is 62.1 cm³/mol. The first kappa shape index (κ1) is 12.5. The molecule has 0 amide bonds. The molecule has 0 aliphatic carbocycles. The molecule has 1 aromatic heterocycles.